The van der Waals surface area contributed by atoms with E-state index in [-0.39, 0.29) is 17.5 Å². The van der Waals surface area contributed by atoms with Crippen LogP contribution in [0.5, 0.6) is 0 Å². The number of sulfone groups is 1. The van der Waals surface area contributed by atoms with Crippen LogP contribution in [-0.2, 0) is 9.84 Å². The molecule has 1 rings (SSSR count). The second-order valence-corrected chi connectivity index (χ2v) is 7.96. The first kappa shape index (κ1) is 14.9. The van der Waals surface area contributed by atoms with Crippen LogP contribution in [0.1, 0.15) is 27.7 Å². The zero-order chi connectivity index (χ0) is 13.2. The number of hydrogen-bond donors (Lipinski definition) is 2. The molecule has 2 N–H and O–H groups in total. The predicted molar refractivity (Wildman–Crippen MR) is 69.6 cm³/mol. The van der Waals surface area contributed by atoms with Gasteiger partial charge in [-0.15, -0.1) is 0 Å². The smallest absolute Gasteiger partial charge is 0.154 e. The van der Waals surface area contributed by atoms with E-state index in [1.165, 1.54) is 0 Å². The van der Waals surface area contributed by atoms with Crippen molar-refractivity contribution < 1.29 is 13.5 Å². The van der Waals surface area contributed by atoms with Gasteiger partial charge in [0.1, 0.15) is 0 Å². The summed E-state index contributed by atoms with van der Waals surface area (Å²) >= 11 is 0. The lowest BCUT2D eigenvalue weighted by Gasteiger charge is -2.27. The second kappa shape index (κ2) is 5.67. The van der Waals surface area contributed by atoms with Crippen molar-refractivity contribution in [3.05, 3.63) is 0 Å². The van der Waals surface area contributed by atoms with Gasteiger partial charge in [0.25, 0.3) is 0 Å². The molecule has 0 radical (unpaired) electrons. The summed E-state index contributed by atoms with van der Waals surface area (Å²) in [5.41, 5.74) is 0. The van der Waals surface area contributed by atoms with E-state index >= 15 is 0 Å². The Labute approximate surface area is 105 Å². The number of hydrogen-bond acceptors (Lipinski definition) is 4. The molecule has 0 bridgehead atoms. The summed E-state index contributed by atoms with van der Waals surface area (Å²) in [5, 5.41) is 12.9. The van der Waals surface area contributed by atoms with Gasteiger partial charge in [0.15, 0.2) is 9.84 Å². The first-order valence-corrected chi connectivity index (χ1v) is 8.17. The van der Waals surface area contributed by atoms with Crippen molar-refractivity contribution in [1.82, 2.24) is 5.32 Å². The number of nitrogens with one attached hydrogen (secondary N) is 1. The number of rotatable bonds is 5. The highest BCUT2D eigenvalue weighted by molar-refractivity contribution is 7.91. The molecule has 1 aliphatic rings. The van der Waals surface area contributed by atoms with Crippen molar-refractivity contribution >= 4 is 9.84 Å². The maximum Gasteiger partial charge on any atom is 0.154 e. The summed E-state index contributed by atoms with van der Waals surface area (Å²) in [6, 6.07) is -0.292. The minimum absolute atomic E-state index is 0.0665. The monoisotopic (exact) mass is 263 g/mol. The second-order valence-electron chi connectivity index (χ2n) is 5.81. The Hall–Kier alpha value is -0.130. The van der Waals surface area contributed by atoms with Gasteiger partial charge >= 0.3 is 0 Å². The average Bonchev–Trinajstić information content (AvgIpc) is 2.38. The average molecular weight is 263 g/mol. The lowest BCUT2D eigenvalue weighted by molar-refractivity contribution is 0.155. The Kier molecular flexibility index (Phi) is 4.98. The third kappa shape index (κ3) is 4.23. The third-order valence-electron chi connectivity index (χ3n) is 3.65. The highest BCUT2D eigenvalue weighted by atomic mass is 32.2. The van der Waals surface area contributed by atoms with E-state index in [0.29, 0.717) is 17.8 Å². The Morgan fingerprint density at radius 1 is 1.18 bits per heavy atom. The van der Waals surface area contributed by atoms with Gasteiger partial charge < -0.3 is 10.4 Å². The van der Waals surface area contributed by atoms with E-state index in [0.717, 1.165) is 6.54 Å². The summed E-state index contributed by atoms with van der Waals surface area (Å²) in [4.78, 5) is 0. The summed E-state index contributed by atoms with van der Waals surface area (Å²) in [5.74, 6) is 1.58. The Balaban J connectivity index is 2.50. The molecule has 1 saturated heterocycles. The molecule has 1 fully saturated rings. The van der Waals surface area contributed by atoms with Crippen LogP contribution >= 0.6 is 0 Å². The van der Waals surface area contributed by atoms with Gasteiger partial charge in [-0.3, -0.25) is 0 Å². The fraction of sp³-hybridized carbons (Fsp3) is 1.00. The van der Waals surface area contributed by atoms with Gasteiger partial charge in [-0.2, -0.15) is 0 Å². The van der Waals surface area contributed by atoms with Gasteiger partial charge in [-0.25, -0.2) is 8.42 Å². The third-order valence-corrected chi connectivity index (χ3v) is 5.37. The molecule has 102 valence electrons. The van der Waals surface area contributed by atoms with Crippen molar-refractivity contribution in [2.24, 2.45) is 17.8 Å². The van der Waals surface area contributed by atoms with Crippen LogP contribution in [0.15, 0.2) is 0 Å². The van der Waals surface area contributed by atoms with Crippen LogP contribution in [0.25, 0.3) is 0 Å². The molecule has 0 saturated carbocycles. The van der Waals surface area contributed by atoms with Crippen molar-refractivity contribution in [3.8, 4) is 0 Å². The molecule has 0 spiro atoms. The summed E-state index contributed by atoms with van der Waals surface area (Å²) in [6.45, 7) is 9.47. The highest BCUT2D eigenvalue weighted by Crippen LogP contribution is 2.20. The zero-order valence-corrected chi connectivity index (χ0v) is 12.0. The topological polar surface area (TPSA) is 66.4 Å². The van der Waals surface area contributed by atoms with E-state index in [1.54, 1.807) is 0 Å². The standard InChI is InChI=1S/C12H25NO3S/c1-8(2)10(9(3)4)5-13-11-6-17(15,16)7-12(11)14/h8-14H,5-7H2,1-4H3. The quantitative estimate of drug-likeness (QED) is 0.765. The first-order chi connectivity index (χ1) is 7.73. The molecule has 4 nitrogen and oxygen atoms in total. The first-order valence-electron chi connectivity index (χ1n) is 6.35. The maximum atomic E-state index is 11.4. The molecule has 1 heterocycles. The molecule has 2 atom stereocenters. The van der Waals surface area contributed by atoms with E-state index < -0.39 is 15.9 Å². The summed E-state index contributed by atoms with van der Waals surface area (Å²) in [7, 11) is -3.05. The van der Waals surface area contributed by atoms with E-state index in [2.05, 4.69) is 33.0 Å². The maximum absolute atomic E-state index is 11.4. The van der Waals surface area contributed by atoms with Crippen molar-refractivity contribution in [2.75, 3.05) is 18.1 Å². The molecule has 0 aromatic rings. The van der Waals surface area contributed by atoms with E-state index in [9.17, 15) is 13.5 Å². The summed E-state index contributed by atoms with van der Waals surface area (Å²) < 4.78 is 22.7. The van der Waals surface area contributed by atoms with Crippen LogP contribution in [-0.4, -0.2) is 43.7 Å². The fourth-order valence-electron chi connectivity index (χ4n) is 2.55. The van der Waals surface area contributed by atoms with Crippen LogP contribution < -0.4 is 5.32 Å². The van der Waals surface area contributed by atoms with Crippen molar-refractivity contribution in [2.45, 2.75) is 39.8 Å². The molecule has 5 heteroatoms. The normalized spacial score (nSPS) is 28.5. The van der Waals surface area contributed by atoms with E-state index in [1.807, 2.05) is 0 Å². The molecular weight excluding hydrogens is 238 g/mol. The molecule has 17 heavy (non-hydrogen) atoms. The van der Waals surface area contributed by atoms with Crippen LogP contribution in [0.4, 0.5) is 0 Å². The van der Waals surface area contributed by atoms with Crippen molar-refractivity contribution in [1.29, 1.82) is 0 Å². The number of aliphatic hydroxyl groups is 1. The lowest BCUT2D eigenvalue weighted by Crippen LogP contribution is -2.43. The number of aliphatic hydroxyl groups excluding tert-OH is 1. The minimum Gasteiger partial charge on any atom is -0.390 e. The largest absolute Gasteiger partial charge is 0.390 e. The van der Waals surface area contributed by atoms with Gasteiger partial charge in [-0.05, 0) is 24.3 Å². The molecule has 0 aliphatic carbocycles. The van der Waals surface area contributed by atoms with Crippen LogP contribution in [0.3, 0.4) is 0 Å². The Morgan fingerprint density at radius 2 is 1.71 bits per heavy atom. The molecular formula is C12H25NO3S. The van der Waals surface area contributed by atoms with Gasteiger partial charge in [0, 0.05) is 6.04 Å². The Morgan fingerprint density at radius 3 is 2.06 bits per heavy atom. The van der Waals surface area contributed by atoms with Gasteiger partial charge in [-0.1, -0.05) is 27.7 Å². The van der Waals surface area contributed by atoms with Crippen LogP contribution in [0.2, 0.25) is 0 Å². The van der Waals surface area contributed by atoms with Gasteiger partial charge in [0.2, 0.25) is 0 Å². The fourth-order valence-corrected chi connectivity index (χ4v) is 4.33. The summed E-state index contributed by atoms with van der Waals surface area (Å²) in [6.07, 6.45) is -0.750. The zero-order valence-electron chi connectivity index (χ0n) is 11.2. The molecule has 0 amide bonds. The molecule has 0 aromatic heterocycles. The SMILES string of the molecule is CC(C)C(CNC1CS(=O)(=O)CC1O)C(C)C. The predicted octanol–water partition coefficient (Wildman–Crippen LogP) is 0.662. The van der Waals surface area contributed by atoms with Crippen molar-refractivity contribution in [3.63, 3.8) is 0 Å². The lowest BCUT2D eigenvalue weighted by atomic mass is 9.85. The molecule has 1 aliphatic heterocycles. The van der Waals surface area contributed by atoms with Crippen LogP contribution in [0, 0.1) is 17.8 Å². The molecule has 2 unspecified atom stereocenters. The van der Waals surface area contributed by atoms with E-state index in [4.69, 9.17) is 0 Å². The minimum atomic E-state index is -3.05. The Bertz CT molecular complexity index is 330. The van der Waals surface area contributed by atoms with Gasteiger partial charge in [0.05, 0.1) is 17.6 Å². The molecule has 0 aromatic carbocycles. The highest BCUT2D eigenvalue weighted by Gasteiger charge is 2.36.